The minimum Gasteiger partial charge on any atom is -0.356 e. The maximum atomic E-state index is 12.2. The Kier molecular flexibility index (Phi) is 6.31. The van der Waals surface area contributed by atoms with Gasteiger partial charge in [-0.25, -0.2) is 9.97 Å². The molecule has 0 saturated carbocycles. The lowest BCUT2D eigenvalue weighted by Crippen LogP contribution is -2.30. The Bertz CT molecular complexity index is 750. The number of nitrogens with zero attached hydrogens (tertiary/aromatic N) is 3. The molecule has 0 unspecified atom stereocenters. The van der Waals surface area contributed by atoms with Crippen LogP contribution in [0.1, 0.15) is 24.8 Å². The molecular formula is C18H21BrN4OS. The van der Waals surface area contributed by atoms with Crippen LogP contribution in [0.3, 0.4) is 0 Å². The first-order valence-electron chi connectivity index (χ1n) is 8.37. The second-order valence-corrected chi connectivity index (χ2v) is 7.97. The van der Waals surface area contributed by atoms with E-state index < -0.39 is 0 Å². The molecule has 1 aromatic heterocycles. The van der Waals surface area contributed by atoms with Crippen molar-refractivity contribution < 1.29 is 4.79 Å². The van der Waals surface area contributed by atoms with Crippen LogP contribution in [0.15, 0.2) is 40.1 Å². The molecule has 0 spiro atoms. The van der Waals surface area contributed by atoms with Gasteiger partial charge in [0.2, 0.25) is 5.91 Å². The van der Waals surface area contributed by atoms with E-state index in [1.165, 1.54) is 31.0 Å². The van der Waals surface area contributed by atoms with Gasteiger partial charge < -0.3 is 10.2 Å². The van der Waals surface area contributed by atoms with Crippen molar-refractivity contribution in [2.45, 2.75) is 31.2 Å². The number of piperidine rings is 1. The van der Waals surface area contributed by atoms with Crippen molar-refractivity contribution in [3.05, 3.63) is 40.6 Å². The fourth-order valence-electron chi connectivity index (χ4n) is 2.80. The van der Waals surface area contributed by atoms with Crippen molar-refractivity contribution in [2.24, 2.45) is 0 Å². The number of aryl methyl sites for hydroxylation is 1. The Balaban J connectivity index is 1.56. The van der Waals surface area contributed by atoms with E-state index in [1.54, 1.807) is 6.33 Å². The van der Waals surface area contributed by atoms with Gasteiger partial charge in [0.25, 0.3) is 0 Å². The molecule has 2 heterocycles. The summed E-state index contributed by atoms with van der Waals surface area (Å²) >= 11 is 4.86. The molecule has 5 nitrogen and oxygen atoms in total. The van der Waals surface area contributed by atoms with Crippen molar-refractivity contribution in [3.8, 4) is 0 Å². The lowest BCUT2D eigenvalue weighted by atomic mass is 10.1. The van der Waals surface area contributed by atoms with Crippen LogP contribution in [0.2, 0.25) is 0 Å². The van der Waals surface area contributed by atoms with E-state index in [0.717, 1.165) is 39.7 Å². The number of anilines is 2. The first-order valence-corrected chi connectivity index (χ1v) is 10.2. The van der Waals surface area contributed by atoms with Gasteiger partial charge in [-0.3, -0.25) is 4.79 Å². The summed E-state index contributed by atoms with van der Waals surface area (Å²) in [6.45, 7) is 4.07. The van der Waals surface area contributed by atoms with E-state index >= 15 is 0 Å². The second-order valence-electron chi connectivity index (χ2n) is 6.06. The van der Waals surface area contributed by atoms with Gasteiger partial charge >= 0.3 is 0 Å². The summed E-state index contributed by atoms with van der Waals surface area (Å²) < 4.78 is 1.00. The first kappa shape index (κ1) is 18.2. The van der Waals surface area contributed by atoms with Gasteiger partial charge in [0, 0.05) is 29.3 Å². The highest BCUT2D eigenvalue weighted by Crippen LogP contribution is 2.23. The molecule has 0 bridgehead atoms. The number of benzene rings is 1. The van der Waals surface area contributed by atoms with Crippen LogP contribution < -0.4 is 10.2 Å². The number of rotatable bonds is 5. The minimum atomic E-state index is -0.0337. The fraction of sp³-hybridized carbons (Fsp3) is 0.389. The number of aromatic nitrogens is 2. The molecule has 1 fully saturated rings. The largest absolute Gasteiger partial charge is 0.356 e. The molecule has 132 valence electrons. The van der Waals surface area contributed by atoms with Crippen molar-refractivity contribution in [1.82, 2.24) is 9.97 Å². The Morgan fingerprint density at radius 1 is 1.24 bits per heavy atom. The summed E-state index contributed by atoms with van der Waals surface area (Å²) in [6.07, 6.45) is 5.30. The quantitative estimate of drug-likeness (QED) is 0.577. The zero-order valence-corrected chi connectivity index (χ0v) is 16.6. The minimum absolute atomic E-state index is 0.0337. The highest BCUT2D eigenvalue weighted by Gasteiger charge is 2.13. The summed E-state index contributed by atoms with van der Waals surface area (Å²) in [7, 11) is 0. The average molecular weight is 421 g/mol. The van der Waals surface area contributed by atoms with E-state index in [0.29, 0.717) is 5.75 Å². The Hall–Kier alpha value is -1.60. The average Bonchev–Trinajstić information content (AvgIpc) is 2.63. The molecule has 0 atom stereocenters. The fourth-order valence-corrected chi connectivity index (χ4v) is 3.93. The summed E-state index contributed by atoms with van der Waals surface area (Å²) in [5.41, 5.74) is 1.87. The molecule has 0 aliphatic carbocycles. The van der Waals surface area contributed by atoms with E-state index in [1.807, 2.05) is 31.2 Å². The van der Waals surface area contributed by atoms with Crippen molar-refractivity contribution in [3.63, 3.8) is 0 Å². The topological polar surface area (TPSA) is 58.1 Å². The van der Waals surface area contributed by atoms with Crippen molar-refractivity contribution in [1.29, 1.82) is 0 Å². The van der Waals surface area contributed by atoms with Crippen LogP contribution in [0.5, 0.6) is 0 Å². The van der Waals surface area contributed by atoms with E-state index in [-0.39, 0.29) is 5.91 Å². The molecule has 7 heteroatoms. The van der Waals surface area contributed by atoms with Crippen LogP contribution in [-0.4, -0.2) is 34.7 Å². The maximum absolute atomic E-state index is 12.2. The zero-order chi connectivity index (χ0) is 17.6. The van der Waals surface area contributed by atoms with Crippen LogP contribution in [-0.2, 0) is 4.79 Å². The summed E-state index contributed by atoms with van der Waals surface area (Å²) in [6, 6.07) is 7.79. The van der Waals surface area contributed by atoms with Gasteiger partial charge in [0.1, 0.15) is 17.2 Å². The summed E-state index contributed by atoms with van der Waals surface area (Å²) in [4.78, 5) is 23.2. The van der Waals surface area contributed by atoms with Gasteiger partial charge in [-0.1, -0.05) is 27.7 Å². The highest BCUT2D eigenvalue weighted by atomic mass is 79.9. The van der Waals surface area contributed by atoms with Crippen LogP contribution in [0.4, 0.5) is 11.5 Å². The van der Waals surface area contributed by atoms with E-state index in [2.05, 4.69) is 36.1 Å². The summed E-state index contributed by atoms with van der Waals surface area (Å²) in [5.74, 6) is 1.25. The number of thioether (sulfide) groups is 1. The molecule has 3 rings (SSSR count). The van der Waals surface area contributed by atoms with Gasteiger partial charge in [-0.05, 0) is 49.9 Å². The predicted octanol–water partition coefficient (Wildman–Crippen LogP) is 4.27. The van der Waals surface area contributed by atoms with Crippen LogP contribution in [0, 0.1) is 6.92 Å². The Morgan fingerprint density at radius 3 is 2.80 bits per heavy atom. The van der Waals surface area contributed by atoms with Gasteiger partial charge in [-0.15, -0.1) is 0 Å². The molecule has 1 aliphatic rings. The number of carbonyl (C=O) groups excluding carboxylic acids is 1. The monoisotopic (exact) mass is 420 g/mol. The Labute approximate surface area is 160 Å². The number of hydrogen-bond acceptors (Lipinski definition) is 5. The van der Waals surface area contributed by atoms with Crippen LogP contribution in [0.25, 0.3) is 0 Å². The van der Waals surface area contributed by atoms with Gasteiger partial charge in [0.05, 0.1) is 5.75 Å². The normalized spacial score (nSPS) is 14.4. The molecule has 2 aromatic rings. The molecule has 1 aromatic carbocycles. The molecule has 0 radical (unpaired) electrons. The lowest BCUT2D eigenvalue weighted by molar-refractivity contribution is -0.113. The van der Waals surface area contributed by atoms with E-state index in [9.17, 15) is 4.79 Å². The molecular weight excluding hydrogens is 400 g/mol. The lowest BCUT2D eigenvalue weighted by Gasteiger charge is -2.27. The molecule has 1 N–H and O–H groups in total. The number of nitrogens with one attached hydrogen (secondary N) is 1. The van der Waals surface area contributed by atoms with E-state index in [4.69, 9.17) is 0 Å². The number of halogens is 1. The van der Waals surface area contributed by atoms with Crippen molar-refractivity contribution in [2.75, 3.05) is 29.1 Å². The molecule has 1 aliphatic heterocycles. The Morgan fingerprint density at radius 2 is 2.04 bits per heavy atom. The molecule has 1 amide bonds. The summed E-state index contributed by atoms with van der Waals surface area (Å²) in [5, 5.41) is 3.78. The third-order valence-electron chi connectivity index (χ3n) is 4.12. The van der Waals surface area contributed by atoms with Gasteiger partial charge in [0.15, 0.2) is 0 Å². The van der Waals surface area contributed by atoms with Crippen LogP contribution >= 0.6 is 27.7 Å². The maximum Gasteiger partial charge on any atom is 0.234 e. The van der Waals surface area contributed by atoms with Crippen molar-refractivity contribution >= 4 is 45.1 Å². The third kappa shape index (κ3) is 5.19. The third-order valence-corrected chi connectivity index (χ3v) is 5.54. The molecule has 1 saturated heterocycles. The predicted molar refractivity (Wildman–Crippen MR) is 106 cm³/mol. The molecule has 25 heavy (non-hydrogen) atoms. The number of hydrogen-bond donors (Lipinski definition) is 1. The highest BCUT2D eigenvalue weighted by molar-refractivity contribution is 9.10. The SMILES string of the molecule is Cc1cc(Br)ccc1NC(=O)CSc1cc(N2CCCCC2)ncn1. The number of carbonyl (C=O) groups is 1. The zero-order valence-electron chi connectivity index (χ0n) is 14.2. The van der Waals surface area contributed by atoms with Gasteiger partial charge in [-0.2, -0.15) is 0 Å². The first-order chi connectivity index (χ1) is 12.1. The smallest absolute Gasteiger partial charge is 0.234 e. The standard InChI is InChI=1S/C18H21BrN4OS/c1-13-9-14(19)5-6-15(13)22-17(24)11-25-18-10-16(20-12-21-18)23-7-3-2-4-8-23/h5-6,9-10,12H,2-4,7-8,11H2,1H3,(H,22,24). The second kappa shape index (κ2) is 8.67. The number of amides is 1.